The third-order valence-electron chi connectivity index (χ3n) is 5.44. The van der Waals surface area contributed by atoms with Crippen LogP contribution in [0.1, 0.15) is 11.1 Å². The van der Waals surface area contributed by atoms with Crippen LogP contribution in [-0.4, -0.2) is 61.0 Å². The summed E-state index contributed by atoms with van der Waals surface area (Å²) in [5, 5.41) is 2.85. The number of imide groups is 1. The number of ether oxygens (including phenoxy) is 1. The highest BCUT2D eigenvalue weighted by Crippen LogP contribution is 2.31. The lowest BCUT2D eigenvalue weighted by molar-refractivity contribution is -0.137. The Labute approximate surface area is 179 Å². The molecule has 2 aliphatic heterocycles. The van der Waals surface area contributed by atoms with Crippen LogP contribution in [0.3, 0.4) is 0 Å². The summed E-state index contributed by atoms with van der Waals surface area (Å²) in [5.41, 5.74) is 2.07. The molecule has 31 heavy (non-hydrogen) atoms. The maximum Gasteiger partial charge on any atom is 0.278 e. The van der Waals surface area contributed by atoms with E-state index in [9.17, 15) is 18.4 Å². The van der Waals surface area contributed by atoms with Gasteiger partial charge in [-0.25, -0.2) is 8.78 Å². The van der Waals surface area contributed by atoms with Crippen LogP contribution in [0.25, 0.3) is 5.57 Å². The molecule has 0 atom stereocenters. The second-order valence-electron chi connectivity index (χ2n) is 7.59. The van der Waals surface area contributed by atoms with Gasteiger partial charge in [0.25, 0.3) is 11.8 Å². The van der Waals surface area contributed by atoms with E-state index in [4.69, 9.17) is 4.74 Å². The van der Waals surface area contributed by atoms with Crippen molar-refractivity contribution in [1.82, 2.24) is 9.80 Å². The fourth-order valence-corrected chi connectivity index (χ4v) is 3.67. The molecule has 1 N–H and O–H groups in total. The van der Waals surface area contributed by atoms with Crippen molar-refractivity contribution < 1.29 is 23.1 Å². The number of carbonyl (C=O) groups is 2. The van der Waals surface area contributed by atoms with Gasteiger partial charge in [-0.3, -0.25) is 19.4 Å². The zero-order valence-corrected chi connectivity index (χ0v) is 17.2. The van der Waals surface area contributed by atoms with Crippen molar-refractivity contribution in [3.05, 3.63) is 70.9 Å². The van der Waals surface area contributed by atoms with E-state index >= 15 is 0 Å². The van der Waals surface area contributed by atoms with Crippen molar-refractivity contribution in [2.45, 2.75) is 6.92 Å². The lowest BCUT2D eigenvalue weighted by Gasteiger charge is -2.28. The molecule has 0 saturated carbocycles. The van der Waals surface area contributed by atoms with E-state index in [1.807, 2.05) is 19.1 Å². The molecule has 2 heterocycles. The highest BCUT2D eigenvalue weighted by molar-refractivity contribution is 6.36. The third-order valence-corrected chi connectivity index (χ3v) is 5.44. The number of halogens is 2. The van der Waals surface area contributed by atoms with Gasteiger partial charge in [0.15, 0.2) is 11.6 Å². The monoisotopic (exact) mass is 427 g/mol. The molecule has 0 aromatic heterocycles. The number of nitrogens with zero attached hydrogens (tertiary/aromatic N) is 2. The molecular weight excluding hydrogens is 404 g/mol. The molecule has 2 aromatic rings. The first-order valence-corrected chi connectivity index (χ1v) is 10.1. The number of hydrogen-bond donors (Lipinski definition) is 1. The van der Waals surface area contributed by atoms with Gasteiger partial charge in [0.2, 0.25) is 0 Å². The SMILES string of the molecule is Cc1ccc(C2=C(Nc3ccc(F)c(F)c3)C(=O)N(CCN3CCOCC3)C2=O)cc1. The van der Waals surface area contributed by atoms with E-state index in [2.05, 4.69) is 10.2 Å². The van der Waals surface area contributed by atoms with Crippen molar-refractivity contribution in [3.63, 3.8) is 0 Å². The number of carbonyl (C=O) groups excluding carboxylic acids is 2. The Morgan fingerprint density at radius 1 is 0.935 bits per heavy atom. The first-order chi connectivity index (χ1) is 14.9. The summed E-state index contributed by atoms with van der Waals surface area (Å²) in [4.78, 5) is 29.7. The summed E-state index contributed by atoms with van der Waals surface area (Å²) >= 11 is 0. The molecule has 162 valence electrons. The maximum absolute atomic E-state index is 13.7. The van der Waals surface area contributed by atoms with Gasteiger partial charge in [0.05, 0.1) is 18.8 Å². The fourth-order valence-electron chi connectivity index (χ4n) is 3.67. The summed E-state index contributed by atoms with van der Waals surface area (Å²) in [5.74, 6) is -2.92. The Bertz CT molecular complexity index is 1030. The number of anilines is 1. The topological polar surface area (TPSA) is 61.9 Å². The first-order valence-electron chi connectivity index (χ1n) is 10.1. The molecule has 0 radical (unpaired) electrons. The van der Waals surface area contributed by atoms with Crippen LogP contribution in [0, 0.1) is 18.6 Å². The van der Waals surface area contributed by atoms with E-state index in [0.717, 1.165) is 30.8 Å². The Balaban J connectivity index is 1.63. The number of rotatable bonds is 6. The summed E-state index contributed by atoms with van der Waals surface area (Å²) in [7, 11) is 0. The van der Waals surface area contributed by atoms with Crippen molar-refractivity contribution in [2.75, 3.05) is 44.7 Å². The van der Waals surface area contributed by atoms with E-state index in [1.165, 1.54) is 11.0 Å². The van der Waals surface area contributed by atoms with Crippen LogP contribution in [0.15, 0.2) is 48.2 Å². The minimum atomic E-state index is -1.04. The van der Waals surface area contributed by atoms with Gasteiger partial charge in [0.1, 0.15) is 5.70 Å². The van der Waals surface area contributed by atoms with Crippen LogP contribution in [0.2, 0.25) is 0 Å². The lowest BCUT2D eigenvalue weighted by Crippen LogP contribution is -2.43. The van der Waals surface area contributed by atoms with Gasteiger partial charge in [-0.15, -0.1) is 0 Å². The van der Waals surface area contributed by atoms with Crippen LogP contribution < -0.4 is 5.32 Å². The minimum absolute atomic E-state index is 0.0573. The molecule has 0 aliphatic carbocycles. The first kappa shape index (κ1) is 21.1. The Kier molecular flexibility index (Phi) is 6.11. The van der Waals surface area contributed by atoms with Crippen LogP contribution in [0.4, 0.5) is 14.5 Å². The number of hydrogen-bond acceptors (Lipinski definition) is 5. The van der Waals surface area contributed by atoms with Gasteiger partial charge < -0.3 is 10.1 Å². The zero-order chi connectivity index (χ0) is 22.0. The second-order valence-corrected chi connectivity index (χ2v) is 7.59. The van der Waals surface area contributed by atoms with E-state index < -0.39 is 23.4 Å². The van der Waals surface area contributed by atoms with Gasteiger partial charge in [-0.1, -0.05) is 29.8 Å². The highest BCUT2D eigenvalue weighted by Gasteiger charge is 2.39. The number of benzene rings is 2. The predicted octanol–water partition coefficient (Wildman–Crippen LogP) is 2.80. The number of morpholine rings is 1. The Hall–Kier alpha value is -3.10. The van der Waals surface area contributed by atoms with E-state index in [0.29, 0.717) is 25.3 Å². The van der Waals surface area contributed by atoms with Crippen LogP contribution >= 0.6 is 0 Å². The van der Waals surface area contributed by atoms with E-state index in [-0.39, 0.29) is 23.5 Å². The Morgan fingerprint density at radius 2 is 1.65 bits per heavy atom. The molecule has 2 aromatic carbocycles. The van der Waals surface area contributed by atoms with E-state index in [1.54, 1.807) is 12.1 Å². The number of nitrogens with one attached hydrogen (secondary N) is 1. The standard InChI is InChI=1S/C23H23F2N3O3/c1-15-2-4-16(5-3-15)20-21(26-17-6-7-18(24)19(25)14-17)23(30)28(22(20)29)9-8-27-10-12-31-13-11-27/h2-7,14,26H,8-13H2,1H3. The molecular formula is C23H23F2N3O3. The molecule has 1 fully saturated rings. The Morgan fingerprint density at radius 3 is 2.32 bits per heavy atom. The number of aryl methyl sites for hydroxylation is 1. The quantitative estimate of drug-likeness (QED) is 0.719. The van der Waals surface area contributed by atoms with Crippen LogP contribution in [-0.2, 0) is 14.3 Å². The van der Waals surface area contributed by atoms with Crippen molar-refractivity contribution >= 4 is 23.1 Å². The van der Waals surface area contributed by atoms with Gasteiger partial charge in [-0.05, 0) is 24.6 Å². The van der Waals surface area contributed by atoms with Crippen molar-refractivity contribution in [1.29, 1.82) is 0 Å². The lowest BCUT2D eigenvalue weighted by atomic mass is 10.0. The smallest absolute Gasteiger partial charge is 0.278 e. The molecule has 2 aliphatic rings. The molecule has 4 rings (SSSR count). The summed E-state index contributed by atoms with van der Waals surface area (Å²) in [6.45, 7) is 5.43. The predicted molar refractivity (Wildman–Crippen MR) is 112 cm³/mol. The molecule has 8 heteroatoms. The second kappa shape index (κ2) is 8.95. The average Bonchev–Trinajstić information content (AvgIpc) is 3.00. The minimum Gasteiger partial charge on any atom is -0.379 e. The molecule has 0 unspecified atom stereocenters. The molecule has 0 spiro atoms. The van der Waals surface area contributed by atoms with Gasteiger partial charge in [-0.2, -0.15) is 0 Å². The van der Waals surface area contributed by atoms with Gasteiger partial charge in [0, 0.05) is 37.9 Å². The normalized spacial score (nSPS) is 17.6. The molecule has 0 bridgehead atoms. The third kappa shape index (κ3) is 4.50. The zero-order valence-electron chi connectivity index (χ0n) is 17.2. The largest absolute Gasteiger partial charge is 0.379 e. The fraction of sp³-hybridized carbons (Fsp3) is 0.304. The van der Waals surface area contributed by atoms with Crippen LogP contribution in [0.5, 0.6) is 0 Å². The van der Waals surface area contributed by atoms with Crippen molar-refractivity contribution in [2.24, 2.45) is 0 Å². The summed E-state index contributed by atoms with van der Waals surface area (Å²) in [6, 6.07) is 10.5. The summed E-state index contributed by atoms with van der Waals surface area (Å²) < 4.78 is 32.3. The average molecular weight is 427 g/mol. The molecule has 6 nitrogen and oxygen atoms in total. The van der Waals surface area contributed by atoms with Crippen molar-refractivity contribution in [3.8, 4) is 0 Å². The molecule has 1 saturated heterocycles. The summed E-state index contributed by atoms with van der Waals surface area (Å²) in [6.07, 6.45) is 0. The van der Waals surface area contributed by atoms with Gasteiger partial charge >= 0.3 is 0 Å². The molecule has 2 amide bonds. The number of amides is 2. The highest BCUT2D eigenvalue weighted by atomic mass is 19.2. The maximum atomic E-state index is 13.7.